The van der Waals surface area contributed by atoms with E-state index in [2.05, 4.69) is 5.32 Å². The van der Waals surface area contributed by atoms with Crippen molar-refractivity contribution in [3.63, 3.8) is 0 Å². The first-order valence-electron chi connectivity index (χ1n) is 7.90. The second kappa shape index (κ2) is 7.11. The number of hydrogen-bond acceptors (Lipinski definition) is 3. The van der Waals surface area contributed by atoms with Crippen molar-refractivity contribution in [2.75, 3.05) is 16.8 Å². The number of fused-ring (bicyclic) bond motifs is 1. The molecule has 2 aromatic rings. The first-order chi connectivity index (χ1) is 12.6. The summed E-state index contributed by atoms with van der Waals surface area (Å²) in [7, 11) is 0. The van der Waals surface area contributed by atoms with E-state index in [4.69, 9.17) is 16.3 Å². The summed E-state index contributed by atoms with van der Waals surface area (Å²) in [5.41, 5.74) is -0.576. The Hall–Kier alpha value is -2.74. The van der Waals surface area contributed by atoms with Crippen molar-refractivity contribution in [2.45, 2.75) is 19.2 Å². The smallest absolute Gasteiger partial charge is 0.416 e. The number of carbonyl (C=O) groups excluding carboxylic acids is 2. The minimum absolute atomic E-state index is 0.0186. The molecule has 1 N–H and O–H groups in total. The van der Waals surface area contributed by atoms with Crippen LogP contribution < -0.4 is 15.0 Å². The lowest BCUT2D eigenvalue weighted by molar-refractivity contribution is -0.137. The van der Waals surface area contributed by atoms with Gasteiger partial charge in [0.2, 0.25) is 5.91 Å². The zero-order valence-electron chi connectivity index (χ0n) is 14.0. The van der Waals surface area contributed by atoms with Gasteiger partial charge in [-0.3, -0.25) is 14.5 Å². The third kappa shape index (κ3) is 4.16. The second-order valence-corrected chi connectivity index (χ2v) is 6.36. The lowest BCUT2D eigenvalue weighted by Gasteiger charge is -2.32. The predicted octanol–water partition coefficient (Wildman–Crippen LogP) is 4.11. The number of carbonyl (C=O) groups is 2. The molecule has 0 aromatic heterocycles. The van der Waals surface area contributed by atoms with E-state index < -0.39 is 36.2 Å². The Balaban J connectivity index is 1.80. The third-order valence-electron chi connectivity index (χ3n) is 3.90. The fourth-order valence-electron chi connectivity index (χ4n) is 2.66. The highest BCUT2D eigenvalue weighted by Gasteiger charge is 2.33. The summed E-state index contributed by atoms with van der Waals surface area (Å²) in [4.78, 5) is 25.9. The first-order valence-corrected chi connectivity index (χ1v) is 8.27. The summed E-state index contributed by atoms with van der Waals surface area (Å²) in [6.07, 6.45) is -5.33. The molecule has 27 heavy (non-hydrogen) atoms. The number of halogens is 4. The Bertz CT molecular complexity index is 902. The summed E-state index contributed by atoms with van der Waals surface area (Å²) in [6, 6.07) is 8.91. The lowest BCUT2D eigenvalue weighted by atomic mass is 10.1. The van der Waals surface area contributed by atoms with E-state index in [1.54, 1.807) is 12.1 Å². The molecule has 1 heterocycles. The Kier molecular flexibility index (Phi) is 5.01. The number of ether oxygens (including phenoxy) is 1. The van der Waals surface area contributed by atoms with Crippen LogP contribution in [0.5, 0.6) is 5.75 Å². The Morgan fingerprint density at radius 2 is 2.00 bits per heavy atom. The van der Waals surface area contributed by atoms with Crippen molar-refractivity contribution in [2.24, 2.45) is 0 Å². The van der Waals surface area contributed by atoms with Gasteiger partial charge in [-0.1, -0.05) is 17.7 Å². The average molecular weight is 399 g/mol. The van der Waals surface area contributed by atoms with E-state index in [-0.39, 0.29) is 5.69 Å². The molecule has 1 unspecified atom stereocenters. The molecule has 5 nitrogen and oxygen atoms in total. The minimum atomic E-state index is -4.52. The van der Waals surface area contributed by atoms with Crippen LogP contribution in [0.15, 0.2) is 42.5 Å². The largest absolute Gasteiger partial charge is 0.479 e. The van der Waals surface area contributed by atoms with Gasteiger partial charge in [0.05, 0.1) is 11.3 Å². The molecule has 0 bridgehead atoms. The van der Waals surface area contributed by atoms with E-state index in [1.165, 1.54) is 30.0 Å². The molecule has 1 aliphatic rings. The number of alkyl halides is 3. The molecular weight excluding hydrogens is 385 g/mol. The van der Waals surface area contributed by atoms with Crippen LogP contribution in [0.2, 0.25) is 5.02 Å². The normalized spacial score (nSPS) is 16.6. The number of nitrogens with one attached hydrogen (secondary N) is 1. The topological polar surface area (TPSA) is 58.6 Å². The van der Waals surface area contributed by atoms with Gasteiger partial charge in [-0.2, -0.15) is 13.2 Å². The summed E-state index contributed by atoms with van der Waals surface area (Å²) in [5, 5.41) is 2.73. The quantitative estimate of drug-likeness (QED) is 0.846. The van der Waals surface area contributed by atoms with Crippen LogP contribution in [-0.2, 0) is 15.8 Å². The fraction of sp³-hybridized carbons (Fsp3) is 0.222. The van der Waals surface area contributed by atoms with E-state index >= 15 is 0 Å². The van der Waals surface area contributed by atoms with Gasteiger partial charge >= 0.3 is 6.18 Å². The SMILES string of the molecule is CC1Oc2ccc(Cl)cc2N(CC(=O)Nc2cccc(C(F)(F)F)c2)C1=O. The zero-order chi connectivity index (χ0) is 19.8. The van der Waals surface area contributed by atoms with Gasteiger partial charge < -0.3 is 10.1 Å². The molecule has 0 aliphatic carbocycles. The molecule has 3 rings (SSSR count). The molecule has 0 spiro atoms. The Morgan fingerprint density at radius 1 is 1.26 bits per heavy atom. The van der Waals surface area contributed by atoms with Gasteiger partial charge in [-0.25, -0.2) is 0 Å². The molecule has 1 atom stereocenters. The molecule has 0 saturated carbocycles. The standard InChI is InChI=1S/C18H14ClF3N2O3/c1-10-17(26)24(14-8-12(19)5-6-15(14)27-10)9-16(25)23-13-4-2-3-11(7-13)18(20,21)22/h2-8,10H,9H2,1H3,(H,23,25). The molecule has 0 saturated heterocycles. The van der Waals surface area contributed by atoms with Crippen LogP contribution in [-0.4, -0.2) is 24.5 Å². The highest BCUT2D eigenvalue weighted by atomic mass is 35.5. The van der Waals surface area contributed by atoms with Crippen LogP contribution in [0.1, 0.15) is 12.5 Å². The molecule has 9 heteroatoms. The summed E-state index contributed by atoms with van der Waals surface area (Å²) < 4.78 is 43.8. The van der Waals surface area contributed by atoms with Crippen molar-refractivity contribution in [3.8, 4) is 5.75 Å². The number of amides is 2. The molecule has 1 aliphatic heterocycles. The van der Waals surface area contributed by atoms with Crippen molar-refractivity contribution in [1.82, 2.24) is 0 Å². The predicted molar refractivity (Wildman–Crippen MR) is 94.0 cm³/mol. The third-order valence-corrected chi connectivity index (χ3v) is 4.14. The van der Waals surface area contributed by atoms with Crippen molar-refractivity contribution < 1.29 is 27.5 Å². The van der Waals surface area contributed by atoms with Crippen LogP contribution in [0.3, 0.4) is 0 Å². The average Bonchev–Trinajstić information content (AvgIpc) is 2.59. The fourth-order valence-corrected chi connectivity index (χ4v) is 2.83. The molecular formula is C18H14ClF3N2O3. The highest BCUT2D eigenvalue weighted by molar-refractivity contribution is 6.31. The molecule has 142 valence electrons. The van der Waals surface area contributed by atoms with Crippen LogP contribution in [0, 0.1) is 0 Å². The number of hydrogen-bond donors (Lipinski definition) is 1. The Labute approximate surface area is 157 Å². The summed E-state index contributed by atoms with van der Waals surface area (Å²) in [6.45, 7) is 1.15. The highest BCUT2D eigenvalue weighted by Crippen LogP contribution is 2.36. The lowest BCUT2D eigenvalue weighted by Crippen LogP contribution is -2.47. The van der Waals surface area contributed by atoms with Gasteiger partial charge in [0.1, 0.15) is 12.3 Å². The van der Waals surface area contributed by atoms with Crippen molar-refractivity contribution >= 4 is 34.8 Å². The van der Waals surface area contributed by atoms with E-state index in [0.29, 0.717) is 16.5 Å². The van der Waals surface area contributed by atoms with Gasteiger partial charge in [0.25, 0.3) is 5.91 Å². The number of benzene rings is 2. The number of anilines is 2. The van der Waals surface area contributed by atoms with Gasteiger partial charge in [0, 0.05) is 10.7 Å². The number of rotatable bonds is 3. The second-order valence-electron chi connectivity index (χ2n) is 5.92. The summed E-state index contributed by atoms with van der Waals surface area (Å²) in [5.74, 6) is -0.718. The van der Waals surface area contributed by atoms with Crippen molar-refractivity contribution in [3.05, 3.63) is 53.1 Å². The maximum atomic E-state index is 12.8. The molecule has 2 amide bonds. The Morgan fingerprint density at radius 3 is 2.70 bits per heavy atom. The van der Waals surface area contributed by atoms with Crippen LogP contribution in [0.4, 0.5) is 24.5 Å². The maximum Gasteiger partial charge on any atom is 0.416 e. The minimum Gasteiger partial charge on any atom is -0.479 e. The van der Waals surface area contributed by atoms with Crippen LogP contribution >= 0.6 is 11.6 Å². The molecule has 0 radical (unpaired) electrons. The van der Waals surface area contributed by atoms with Gasteiger partial charge in [0.15, 0.2) is 6.10 Å². The summed E-state index contributed by atoms with van der Waals surface area (Å²) >= 11 is 5.95. The molecule has 2 aromatic carbocycles. The zero-order valence-corrected chi connectivity index (χ0v) is 14.8. The molecule has 0 fully saturated rings. The number of nitrogens with zero attached hydrogens (tertiary/aromatic N) is 1. The first kappa shape index (κ1) is 19.0. The van der Waals surface area contributed by atoms with Gasteiger partial charge in [-0.15, -0.1) is 0 Å². The van der Waals surface area contributed by atoms with E-state index in [9.17, 15) is 22.8 Å². The van der Waals surface area contributed by atoms with E-state index in [0.717, 1.165) is 12.1 Å². The monoisotopic (exact) mass is 398 g/mol. The van der Waals surface area contributed by atoms with Gasteiger partial charge in [-0.05, 0) is 43.3 Å². The van der Waals surface area contributed by atoms with E-state index in [1.807, 2.05) is 0 Å². The van der Waals surface area contributed by atoms with Crippen LogP contribution in [0.25, 0.3) is 0 Å². The van der Waals surface area contributed by atoms with Crippen molar-refractivity contribution in [1.29, 1.82) is 0 Å². The maximum absolute atomic E-state index is 12.8.